The zero-order chi connectivity index (χ0) is 29.0. The summed E-state index contributed by atoms with van der Waals surface area (Å²) >= 11 is 0.893. The molecule has 205 valence electrons. The molecule has 5 heteroatoms. The third kappa shape index (κ3) is 4.53. The van der Waals surface area contributed by atoms with E-state index in [4.69, 9.17) is 12.6 Å². The highest BCUT2D eigenvalue weighted by Crippen LogP contribution is 2.49. The van der Waals surface area contributed by atoms with E-state index in [1.54, 1.807) is 11.3 Å². The summed E-state index contributed by atoms with van der Waals surface area (Å²) in [4.78, 5) is 4.90. The Kier molecular flexibility index (Phi) is 6.35. The van der Waals surface area contributed by atoms with Crippen molar-refractivity contribution < 1.29 is 7.58 Å². The van der Waals surface area contributed by atoms with E-state index in [-0.39, 0.29) is 5.41 Å². The van der Waals surface area contributed by atoms with Gasteiger partial charge in [0, 0.05) is 16.4 Å². The second-order valence-corrected chi connectivity index (χ2v) is 13.1. The van der Waals surface area contributed by atoms with Crippen LogP contribution in [0.25, 0.3) is 53.8 Å². The van der Waals surface area contributed by atoms with Gasteiger partial charge in [-0.2, -0.15) is 0 Å². The normalized spacial score (nSPS) is 13.1. The van der Waals surface area contributed by atoms with Gasteiger partial charge in [-0.15, -0.1) is 11.3 Å². The molecule has 1 aromatic heterocycles. The van der Waals surface area contributed by atoms with E-state index < -0.39 is 15.9 Å². The molecule has 1 aliphatic carbocycles. The average molecular weight is 589 g/mol. The van der Waals surface area contributed by atoms with Crippen LogP contribution in [0.5, 0.6) is 11.5 Å². The highest BCUT2D eigenvalue weighted by atomic mass is 32.1. The first-order valence-corrected chi connectivity index (χ1v) is 16.2. The molecule has 0 bridgehead atoms. The fraction of sp³-hybridized carbons (Fsp3) is 0.0789. The standard InChI is InChI=1S/C21H18O.C17H11NOS.Al/c1-21(2)19-6-4-3-5-17(19)18-12-9-15(13-20(18)21)14-7-10-16(22)11-8-14;19-16-12-6-2-1-5-11(12)9-10-13(16)17-18-14-7-3-4-8-15(14)20-17;/h3-13,22H,1-2H3;1-10,19H;/q;;+2/p-2. The Bertz CT molecular complexity index is 2120. The molecule has 0 spiro atoms. The number of nitrogens with zero attached hydrogens (tertiary/aromatic N) is 1. The van der Waals surface area contributed by atoms with Gasteiger partial charge in [-0.1, -0.05) is 105 Å². The van der Waals surface area contributed by atoms with Crippen molar-refractivity contribution in [1.29, 1.82) is 0 Å². The Labute approximate surface area is 261 Å². The van der Waals surface area contributed by atoms with Gasteiger partial charge in [0.05, 0.1) is 16.0 Å². The second-order valence-electron chi connectivity index (χ2n) is 11.4. The van der Waals surface area contributed by atoms with Gasteiger partial charge in [0.2, 0.25) is 0 Å². The molecule has 1 heterocycles. The third-order valence-electron chi connectivity index (χ3n) is 8.53. The van der Waals surface area contributed by atoms with Crippen molar-refractivity contribution in [2.75, 3.05) is 0 Å². The molecule has 7 aromatic rings. The number of hydrogen-bond donors (Lipinski definition) is 0. The molecular formula is C38H27AlNO2S. The van der Waals surface area contributed by atoms with Crippen molar-refractivity contribution >= 4 is 48.2 Å². The van der Waals surface area contributed by atoms with Crippen LogP contribution in [0.3, 0.4) is 0 Å². The third-order valence-corrected chi connectivity index (χ3v) is 10.3. The summed E-state index contributed by atoms with van der Waals surface area (Å²) in [6, 6.07) is 44.8. The largest absolute Gasteiger partial charge is 0.881 e. The zero-order valence-electron chi connectivity index (χ0n) is 23.9. The Balaban J connectivity index is 1.04. The average Bonchev–Trinajstić information content (AvgIpc) is 3.58. The van der Waals surface area contributed by atoms with Crippen molar-refractivity contribution in [3.8, 4) is 44.3 Å². The number of benzene rings is 6. The fourth-order valence-corrected chi connectivity index (χ4v) is 7.92. The number of hydrogen-bond acceptors (Lipinski definition) is 4. The Hall–Kier alpha value is -4.40. The lowest BCUT2D eigenvalue weighted by Crippen LogP contribution is -2.14. The van der Waals surface area contributed by atoms with Crippen LogP contribution in [0.2, 0.25) is 0 Å². The van der Waals surface area contributed by atoms with Crippen molar-refractivity contribution in [2.45, 2.75) is 19.3 Å². The van der Waals surface area contributed by atoms with Crippen LogP contribution in [0.15, 0.2) is 127 Å². The summed E-state index contributed by atoms with van der Waals surface area (Å²) in [7, 11) is 0. The van der Waals surface area contributed by atoms with E-state index in [0.29, 0.717) is 0 Å². The molecule has 0 N–H and O–H groups in total. The molecule has 0 amide bonds. The van der Waals surface area contributed by atoms with E-state index in [2.05, 4.69) is 117 Å². The summed E-state index contributed by atoms with van der Waals surface area (Å²) in [5, 5.41) is 3.14. The maximum atomic E-state index is 6.45. The molecule has 6 aromatic carbocycles. The van der Waals surface area contributed by atoms with Gasteiger partial charge in [0.25, 0.3) is 0 Å². The van der Waals surface area contributed by atoms with E-state index in [9.17, 15) is 0 Å². The first kappa shape index (κ1) is 26.2. The second kappa shape index (κ2) is 10.4. The molecular weight excluding hydrogens is 561 g/mol. The molecule has 0 aliphatic heterocycles. The summed E-state index contributed by atoms with van der Waals surface area (Å²) < 4.78 is 13.8. The smallest absolute Gasteiger partial charge is 0.616 e. The maximum Gasteiger partial charge on any atom is 0.881 e. The summed E-state index contributed by atoms with van der Waals surface area (Å²) in [6.07, 6.45) is 0. The van der Waals surface area contributed by atoms with Gasteiger partial charge >= 0.3 is 15.9 Å². The lowest BCUT2D eigenvalue weighted by atomic mass is 9.81. The number of para-hydroxylation sites is 1. The quantitative estimate of drug-likeness (QED) is 0.181. The van der Waals surface area contributed by atoms with Crippen LogP contribution in [-0.4, -0.2) is 20.9 Å². The van der Waals surface area contributed by atoms with E-state index >= 15 is 0 Å². The van der Waals surface area contributed by atoms with Crippen LogP contribution in [0, 0.1) is 0 Å². The summed E-state index contributed by atoms with van der Waals surface area (Å²) in [5.74, 6) is 1.62. The maximum absolute atomic E-state index is 6.45. The molecule has 1 radical (unpaired) electrons. The van der Waals surface area contributed by atoms with Gasteiger partial charge in [0.1, 0.15) is 10.8 Å². The molecule has 0 saturated carbocycles. The molecule has 3 nitrogen and oxygen atoms in total. The highest BCUT2D eigenvalue weighted by molar-refractivity contribution is 7.21. The minimum Gasteiger partial charge on any atom is -0.616 e. The van der Waals surface area contributed by atoms with Gasteiger partial charge in [-0.3, -0.25) is 0 Å². The first-order valence-electron chi connectivity index (χ1n) is 14.4. The van der Waals surface area contributed by atoms with Crippen LogP contribution < -0.4 is 7.58 Å². The first-order chi connectivity index (χ1) is 21.1. The molecule has 0 fully saturated rings. The Morgan fingerprint density at radius 2 is 1.35 bits per heavy atom. The molecule has 8 rings (SSSR count). The molecule has 0 saturated heterocycles. The van der Waals surface area contributed by atoms with Crippen LogP contribution >= 0.6 is 11.3 Å². The molecule has 43 heavy (non-hydrogen) atoms. The predicted octanol–water partition coefficient (Wildman–Crippen LogP) is 10.1. The summed E-state index contributed by atoms with van der Waals surface area (Å²) in [6.45, 7) is 4.64. The van der Waals surface area contributed by atoms with E-state index in [0.717, 1.165) is 43.1 Å². The molecule has 0 unspecified atom stereocenters. The number of rotatable bonds is 6. The van der Waals surface area contributed by atoms with Crippen LogP contribution in [0.1, 0.15) is 25.0 Å². The van der Waals surface area contributed by atoms with Crippen molar-refractivity contribution in [1.82, 2.24) is 4.98 Å². The van der Waals surface area contributed by atoms with Crippen molar-refractivity contribution in [3.05, 3.63) is 139 Å². The molecule has 0 atom stereocenters. The fourth-order valence-electron chi connectivity index (χ4n) is 6.26. The zero-order valence-corrected chi connectivity index (χ0v) is 25.8. The van der Waals surface area contributed by atoms with Gasteiger partial charge in [-0.05, 0) is 75.2 Å². The SMILES string of the molecule is CC1(C)c2ccccc2-c2ccc(-c3ccc([O][Al][O]c4c(-c5nc6ccccc6s5)ccc5ccccc45)cc3)cc21. The number of fused-ring (bicyclic) bond motifs is 5. The Morgan fingerprint density at radius 3 is 2.23 bits per heavy atom. The lowest BCUT2D eigenvalue weighted by molar-refractivity contribution is 0.463. The number of aromatic nitrogens is 1. The van der Waals surface area contributed by atoms with Crippen LogP contribution in [-0.2, 0) is 5.41 Å². The van der Waals surface area contributed by atoms with Gasteiger partial charge in [0.15, 0.2) is 0 Å². The molecule has 1 aliphatic rings. The predicted molar refractivity (Wildman–Crippen MR) is 179 cm³/mol. The van der Waals surface area contributed by atoms with E-state index in [1.807, 2.05) is 24.3 Å². The number of thiazole rings is 1. The minimum atomic E-state index is -0.790. The van der Waals surface area contributed by atoms with Crippen LogP contribution in [0.4, 0.5) is 0 Å². The minimum absolute atomic E-state index is 0.0164. The van der Waals surface area contributed by atoms with Gasteiger partial charge in [-0.25, -0.2) is 4.98 Å². The van der Waals surface area contributed by atoms with Crippen molar-refractivity contribution in [2.24, 2.45) is 0 Å². The topological polar surface area (TPSA) is 31.4 Å². The Morgan fingerprint density at radius 1 is 0.628 bits per heavy atom. The van der Waals surface area contributed by atoms with E-state index in [1.165, 1.54) is 33.4 Å². The van der Waals surface area contributed by atoms with Crippen molar-refractivity contribution in [3.63, 3.8) is 0 Å². The summed E-state index contributed by atoms with van der Waals surface area (Å²) in [5.41, 5.74) is 9.82. The lowest BCUT2D eigenvalue weighted by Gasteiger charge is -2.22. The van der Waals surface area contributed by atoms with Gasteiger partial charge < -0.3 is 7.58 Å². The highest BCUT2D eigenvalue weighted by Gasteiger charge is 2.35. The monoisotopic (exact) mass is 588 g/mol.